The van der Waals surface area contributed by atoms with Gasteiger partial charge in [-0.2, -0.15) is 0 Å². The molecule has 0 radical (unpaired) electrons. The number of ether oxygens (including phenoxy) is 2. The van der Waals surface area contributed by atoms with Crippen molar-refractivity contribution in [2.75, 3.05) is 12.4 Å². The predicted octanol–water partition coefficient (Wildman–Crippen LogP) is 3.47. The summed E-state index contributed by atoms with van der Waals surface area (Å²) < 4.78 is 44.3. The minimum absolute atomic E-state index is 0.324. The van der Waals surface area contributed by atoms with E-state index in [1.807, 2.05) is 5.32 Å². The van der Waals surface area contributed by atoms with Crippen LogP contribution < -0.4 is 10.1 Å². The smallest absolute Gasteiger partial charge is 0.453 e. The first-order valence-electron chi connectivity index (χ1n) is 4.19. The second-order valence-electron chi connectivity index (χ2n) is 2.77. The van der Waals surface area contributed by atoms with Crippen molar-refractivity contribution in [2.24, 2.45) is 0 Å². The summed E-state index contributed by atoms with van der Waals surface area (Å²) in [5.41, 5.74) is -0.495. The van der Waals surface area contributed by atoms with Gasteiger partial charge in [-0.25, -0.2) is 9.78 Å². The van der Waals surface area contributed by atoms with Gasteiger partial charge in [-0.1, -0.05) is 23.2 Å². The van der Waals surface area contributed by atoms with Crippen LogP contribution in [0.2, 0.25) is 10.3 Å². The topological polar surface area (TPSA) is 60.5 Å². The zero-order chi connectivity index (χ0) is 13.9. The highest BCUT2D eigenvalue weighted by Gasteiger charge is 2.33. The van der Waals surface area contributed by atoms with Crippen LogP contribution in [-0.4, -0.2) is 24.5 Å². The number of anilines is 1. The van der Waals surface area contributed by atoms with Crippen LogP contribution in [0.1, 0.15) is 0 Å². The first-order valence-corrected chi connectivity index (χ1v) is 4.95. The van der Waals surface area contributed by atoms with Crippen LogP contribution in [0.5, 0.6) is 5.75 Å². The van der Waals surface area contributed by atoms with E-state index in [0.29, 0.717) is 0 Å². The van der Waals surface area contributed by atoms with Crippen molar-refractivity contribution in [2.45, 2.75) is 6.36 Å². The minimum Gasteiger partial charge on any atom is -0.453 e. The molecular weight excluding hydrogens is 300 g/mol. The number of rotatable bonds is 2. The molecule has 0 fully saturated rings. The third-order valence-corrected chi connectivity index (χ3v) is 2.01. The monoisotopic (exact) mass is 304 g/mol. The van der Waals surface area contributed by atoms with Crippen molar-refractivity contribution < 1.29 is 27.4 Å². The van der Waals surface area contributed by atoms with E-state index in [9.17, 15) is 18.0 Å². The molecule has 1 rings (SSSR count). The molecule has 10 heteroatoms. The van der Waals surface area contributed by atoms with Crippen molar-refractivity contribution in [1.82, 2.24) is 4.98 Å². The van der Waals surface area contributed by atoms with Gasteiger partial charge in [0, 0.05) is 6.07 Å². The Hall–Kier alpha value is -1.41. The number of pyridine rings is 1. The first kappa shape index (κ1) is 14.7. The highest BCUT2D eigenvalue weighted by Crippen LogP contribution is 2.36. The van der Waals surface area contributed by atoms with E-state index >= 15 is 0 Å². The van der Waals surface area contributed by atoms with Gasteiger partial charge in [0.1, 0.15) is 10.8 Å². The third-order valence-electron chi connectivity index (χ3n) is 1.55. The molecule has 0 aliphatic carbocycles. The fourth-order valence-corrected chi connectivity index (χ4v) is 1.39. The Labute approximate surface area is 109 Å². The molecular formula is C8H5Cl2F3N2O3. The third kappa shape index (κ3) is 4.11. The molecule has 1 amide bonds. The van der Waals surface area contributed by atoms with E-state index in [2.05, 4.69) is 14.5 Å². The summed E-state index contributed by atoms with van der Waals surface area (Å²) in [6.45, 7) is 0. The van der Waals surface area contributed by atoms with E-state index in [4.69, 9.17) is 23.2 Å². The molecule has 0 saturated carbocycles. The molecule has 100 valence electrons. The molecule has 0 spiro atoms. The van der Waals surface area contributed by atoms with Gasteiger partial charge in [0.25, 0.3) is 0 Å². The number of halogens is 5. The van der Waals surface area contributed by atoms with Gasteiger partial charge in [0.05, 0.1) is 7.11 Å². The highest BCUT2D eigenvalue weighted by molar-refractivity contribution is 6.35. The van der Waals surface area contributed by atoms with E-state index < -0.39 is 29.0 Å². The van der Waals surface area contributed by atoms with Crippen LogP contribution in [0, 0.1) is 0 Å². The number of carbonyl (C=O) groups is 1. The van der Waals surface area contributed by atoms with Crippen LogP contribution in [-0.2, 0) is 4.74 Å². The fourth-order valence-electron chi connectivity index (χ4n) is 0.935. The van der Waals surface area contributed by atoms with E-state index in [0.717, 1.165) is 13.2 Å². The molecule has 18 heavy (non-hydrogen) atoms. The van der Waals surface area contributed by atoms with Crippen molar-refractivity contribution in [3.8, 4) is 5.75 Å². The number of carbonyl (C=O) groups excluding carboxylic acids is 1. The van der Waals surface area contributed by atoms with Gasteiger partial charge in [-0.05, 0) is 0 Å². The number of alkyl halides is 3. The number of methoxy groups -OCH3 is 1. The lowest BCUT2D eigenvalue weighted by Crippen LogP contribution is -2.20. The average Bonchev–Trinajstić information content (AvgIpc) is 2.20. The summed E-state index contributed by atoms with van der Waals surface area (Å²) in [7, 11) is 1.02. The lowest BCUT2D eigenvalue weighted by Gasteiger charge is -2.14. The summed E-state index contributed by atoms with van der Waals surface area (Å²) >= 11 is 11.0. The van der Waals surface area contributed by atoms with Crippen LogP contribution in [0.4, 0.5) is 23.7 Å². The Morgan fingerprint density at radius 2 is 2.06 bits per heavy atom. The summed E-state index contributed by atoms with van der Waals surface area (Å²) in [4.78, 5) is 14.4. The van der Waals surface area contributed by atoms with Gasteiger partial charge in [0.2, 0.25) is 0 Å². The number of hydrogen-bond donors (Lipinski definition) is 1. The maximum atomic E-state index is 12.1. The average molecular weight is 305 g/mol. The first-order chi connectivity index (χ1) is 8.23. The largest absolute Gasteiger partial charge is 0.573 e. The normalized spacial score (nSPS) is 11.0. The SMILES string of the molecule is COC(=O)Nc1c(OC(F)(F)F)cc(Cl)nc1Cl. The number of nitrogens with zero attached hydrogens (tertiary/aromatic N) is 1. The lowest BCUT2D eigenvalue weighted by molar-refractivity contribution is -0.274. The Morgan fingerprint density at radius 3 is 2.56 bits per heavy atom. The second kappa shape index (κ2) is 5.49. The summed E-state index contributed by atoms with van der Waals surface area (Å²) in [5, 5.41) is 1.15. The van der Waals surface area contributed by atoms with Crippen molar-refractivity contribution in [1.29, 1.82) is 0 Å². The number of nitrogens with one attached hydrogen (secondary N) is 1. The Morgan fingerprint density at radius 1 is 1.44 bits per heavy atom. The molecule has 1 heterocycles. The van der Waals surface area contributed by atoms with Gasteiger partial charge >= 0.3 is 12.5 Å². The Bertz CT molecular complexity index is 468. The summed E-state index contributed by atoms with van der Waals surface area (Å²) in [6.07, 6.45) is -6.01. The van der Waals surface area contributed by atoms with Crippen molar-refractivity contribution in [3.05, 3.63) is 16.4 Å². The number of hydrogen-bond acceptors (Lipinski definition) is 4. The molecule has 0 unspecified atom stereocenters. The predicted molar refractivity (Wildman–Crippen MR) is 57.0 cm³/mol. The minimum atomic E-state index is -4.97. The quantitative estimate of drug-likeness (QED) is 0.850. The van der Waals surface area contributed by atoms with Gasteiger partial charge in [-0.3, -0.25) is 5.32 Å². The Balaban J connectivity index is 3.16. The molecule has 5 nitrogen and oxygen atoms in total. The van der Waals surface area contributed by atoms with Crippen LogP contribution in [0.3, 0.4) is 0 Å². The molecule has 1 N–H and O–H groups in total. The maximum Gasteiger partial charge on any atom is 0.573 e. The van der Waals surface area contributed by atoms with Crippen LogP contribution >= 0.6 is 23.2 Å². The molecule has 1 aromatic rings. The van der Waals surface area contributed by atoms with Crippen LogP contribution in [0.15, 0.2) is 6.07 Å². The molecule has 0 aliphatic rings. The van der Waals surface area contributed by atoms with Crippen molar-refractivity contribution in [3.63, 3.8) is 0 Å². The number of aromatic nitrogens is 1. The second-order valence-corrected chi connectivity index (χ2v) is 3.52. The van der Waals surface area contributed by atoms with E-state index in [1.54, 1.807) is 0 Å². The molecule has 0 atom stereocenters. The summed E-state index contributed by atoms with van der Waals surface area (Å²) in [6, 6.07) is 0.756. The zero-order valence-electron chi connectivity index (χ0n) is 8.64. The van der Waals surface area contributed by atoms with Crippen molar-refractivity contribution >= 4 is 35.0 Å². The molecule has 0 bridgehead atoms. The maximum absolute atomic E-state index is 12.1. The van der Waals surface area contributed by atoms with Gasteiger partial charge in [-0.15, -0.1) is 13.2 Å². The zero-order valence-corrected chi connectivity index (χ0v) is 10.2. The molecule has 1 aromatic heterocycles. The van der Waals surface area contributed by atoms with Gasteiger partial charge < -0.3 is 9.47 Å². The van der Waals surface area contributed by atoms with Gasteiger partial charge in [0.15, 0.2) is 10.9 Å². The number of amides is 1. The van der Waals surface area contributed by atoms with E-state index in [1.165, 1.54) is 0 Å². The molecule has 0 aromatic carbocycles. The molecule has 0 saturated heterocycles. The van der Waals surface area contributed by atoms with E-state index in [-0.39, 0.29) is 5.15 Å². The lowest BCUT2D eigenvalue weighted by atomic mass is 10.4. The molecule has 0 aliphatic heterocycles. The standard InChI is InChI=1S/C8H5Cl2F3N2O3/c1-17-7(16)15-5-3(18-8(11,12)13)2-4(9)14-6(5)10/h2H,1H3,(H,15,16). The Kier molecular flexibility index (Phi) is 4.47. The van der Waals surface area contributed by atoms with Crippen LogP contribution in [0.25, 0.3) is 0 Å². The summed E-state index contributed by atoms with van der Waals surface area (Å²) in [5.74, 6) is -0.794. The fraction of sp³-hybridized carbons (Fsp3) is 0.250. The highest BCUT2D eigenvalue weighted by atomic mass is 35.5.